The summed E-state index contributed by atoms with van der Waals surface area (Å²) in [6.45, 7) is 2.38. The lowest BCUT2D eigenvalue weighted by Crippen LogP contribution is -2.21. The summed E-state index contributed by atoms with van der Waals surface area (Å²) in [5, 5.41) is 4.11. The molecule has 0 heterocycles. The fraction of sp³-hybridized carbons (Fsp3) is 0.294. The van der Waals surface area contributed by atoms with E-state index in [0.717, 1.165) is 10.5 Å². The van der Waals surface area contributed by atoms with Crippen molar-refractivity contribution >= 4 is 40.7 Å². The number of rotatable bonds is 7. The molecule has 6 heteroatoms. The second-order valence-electron chi connectivity index (χ2n) is 5.18. The van der Waals surface area contributed by atoms with Gasteiger partial charge in [0.05, 0.1) is 17.3 Å². The third-order valence-electron chi connectivity index (χ3n) is 3.13. The zero-order chi connectivity index (χ0) is 16.8. The molecule has 0 spiro atoms. The highest BCUT2D eigenvalue weighted by molar-refractivity contribution is 7.98. The van der Waals surface area contributed by atoms with Crippen LogP contribution in [0.2, 0.25) is 10.0 Å². The van der Waals surface area contributed by atoms with Gasteiger partial charge in [-0.05, 0) is 48.9 Å². The number of hydrogen-bond acceptors (Lipinski definition) is 3. The Labute approximate surface area is 150 Å². The fourth-order valence-electron chi connectivity index (χ4n) is 2.08. The first-order chi connectivity index (χ1) is 11.0. The molecule has 0 aliphatic heterocycles. The largest absolute Gasteiger partial charge is 0.383 e. The minimum atomic E-state index is -0.354. The number of ether oxygens (including phenoxy) is 1. The molecule has 2 rings (SSSR count). The fourth-order valence-corrected chi connectivity index (χ4v) is 3.32. The summed E-state index contributed by atoms with van der Waals surface area (Å²) in [4.78, 5) is 1.07. The van der Waals surface area contributed by atoms with Gasteiger partial charge >= 0.3 is 0 Å². The van der Waals surface area contributed by atoms with E-state index >= 15 is 0 Å². The Kier molecular flexibility index (Phi) is 7.03. The number of hydrogen-bond donors (Lipinski definition) is 1. The van der Waals surface area contributed by atoms with Gasteiger partial charge in [-0.3, -0.25) is 0 Å². The van der Waals surface area contributed by atoms with Crippen LogP contribution in [0.4, 0.5) is 10.1 Å². The van der Waals surface area contributed by atoms with E-state index < -0.39 is 0 Å². The van der Waals surface area contributed by atoms with Crippen molar-refractivity contribution in [3.05, 3.63) is 57.8 Å². The third-order valence-corrected chi connectivity index (χ3v) is 4.76. The molecule has 0 aliphatic carbocycles. The van der Waals surface area contributed by atoms with Gasteiger partial charge in [0.1, 0.15) is 5.82 Å². The third kappa shape index (κ3) is 5.57. The van der Waals surface area contributed by atoms with Gasteiger partial charge in [-0.2, -0.15) is 0 Å². The van der Waals surface area contributed by atoms with Crippen molar-refractivity contribution in [2.75, 3.05) is 19.0 Å². The maximum absolute atomic E-state index is 14.3. The van der Waals surface area contributed by atoms with Gasteiger partial charge in [0, 0.05) is 28.8 Å². The van der Waals surface area contributed by atoms with Crippen LogP contribution in [-0.2, 0) is 10.5 Å². The molecule has 0 aromatic heterocycles. The van der Waals surface area contributed by atoms with E-state index in [2.05, 4.69) is 5.32 Å². The van der Waals surface area contributed by atoms with Crippen LogP contribution in [0.25, 0.3) is 0 Å². The Balaban J connectivity index is 2.05. The predicted octanol–water partition coefficient (Wildman–Crippen LogP) is 5.87. The summed E-state index contributed by atoms with van der Waals surface area (Å²) in [5.74, 6) is 0.277. The van der Waals surface area contributed by atoms with Gasteiger partial charge in [0.15, 0.2) is 0 Å². The molecule has 0 aliphatic rings. The van der Waals surface area contributed by atoms with Gasteiger partial charge < -0.3 is 10.1 Å². The number of methoxy groups -OCH3 is 1. The minimum absolute atomic E-state index is 0.0266. The zero-order valence-electron chi connectivity index (χ0n) is 12.9. The van der Waals surface area contributed by atoms with Crippen molar-refractivity contribution in [2.45, 2.75) is 23.6 Å². The smallest absolute Gasteiger partial charge is 0.148 e. The van der Waals surface area contributed by atoms with Crippen LogP contribution in [0.3, 0.4) is 0 Å². The van der Waals surface area contributed by atoms with Crippen molar-refractivity contribution < 1.29 is 9.13 Å². The van der Waals surface area contributed by atoms with E-state index in [9.17, 15) is 4.39 Å². The average molecular weight is 374 g/mol. The van der Waals surface area contributed by atoms with E-state index in [-0.39, 0.29) is 11.9 Å². The van der Waals surface area contributed by atoms with E-state index in [1.807, 2.05) is 31.2 Å². The molecule has 0 radical (unpaired) electrons. The highest BCUT2D eigenvalue weighted by Gasteiger charge is 2.12. The molecule has 2 nitrogen and oxygen atoms in total. The van der Waals surface area contributed by atoms with Crippen LogP contribution in [0.1, 0.15) is 12.5 Å². The van der Waals surface area contributed by atoms with Gasteiger partial charge in [-0.15, -0.1) is 11.8 Å². The topological polar surface area (TPSA) is 21.3 Å². The molecule has 0 saturated heterocycles. The molecule has 23 heavy (non-hydrogen) atoms. The Morgan fingerprint density at radius 3 is 2.52 bits per heavy atom. The maximum Gasteiger partial charge on any atom is 0.148 e. The standard InChI is InChI=1S/C17H18Cl2FNOS/c1-11(9-22-2)21-17-15(19)7-12(8-16(17)20)10-23-14-5-3-13(18)4-6-14/h3-8,11,21H,9-10H2,1-2H3. The van der Waals surface area contributed by atoms with Crippen molar-refractivity contribution in [3.8, 4) is 0 Å². The van der Waals surface area contributed by atoms with Gasteiger partial charge in [-0.25, -0.2) is 4.39 Å². The van der Waals surface area contributed by atoms with Gasteiger partial charge in [0.25, 0.3) is 0 Å². The monoisotopic (exact) mass is 373 g/mol. The second kappa shape index (κ2) is 8.78. The van der Waals surface area contributed by atoms with Crippen molar-refractivity contribution in [2.24, 2.45) is 0 Å². The molecule has 1 N–H and O–H groups in total. The summed E-state index contributed by atoms with van der Waals surface area (Å²) in [7, 11) is 1.60. The van der Waals surface area contributed by atoms with Crippen LogP contribution < -0.4 is 5.32 Å². The van der Waals surface area contributed by atoms with Crippen molar-refractivity contribution in [1.29, 1.82) is 0 Å². The molecular formula is C17H18Cl2FNOS. The normalized spacial score (nSPS) is 12.2. The molecule has 1 unspecified atom stereocenters. The van der Waals surface area contributed by atoms with E-state index in [4.69, 9.17) is 27.9 Å². The summed E-state index contributed by atoms with van der Waals surface area (Å²) in [6.07, 6.45) is 0. The van der Waals surface area contributed by atoms with Crippen molar-refractivity contribution in [1.82, 2.24) is 0 Å². The highest BCUT2D eigenvalue weighted by atomic mass is 35.5. The first-order valence-corrected chi connectivity index (χ1v) is 8.85. The Hall–Kier alpha value is -0.940. The minimum Gasteiger partial charge on any atom is -0.383 e. The van der Waals surface area contributed by atoms with Gasteiger partial charge in [-0.1, -0.05) is 23.2 Å². The summed E-state index contributed by atoms with van der Waals surface area (Å²) in [5.41, 5.74) is 1.15. The average Bonchev–Trinajstić information content (AvgIpc) is 2.51. The molecule has 0 saturated carbocycles. The number of anilines is 1. The van der Waals surface area contributed by atoms with E-state index in [1.54, 1.807) is 24.9 Å². The number of nitrogens with one attached hydrogen (secondary N) is 1. The summed E-state index contributed by atoms with van der Waals surface area (Å²) in [6, 6.07) is 10.8. The second-order valence-corrected chi connectivity index (χ2v) is 7.07. The van der Waals surface area contributed by atoms with Crippen LogP contribution >= 0.6 is 35.0 Å². The molecule has 0 fully saturated rings. The molecule has 124 valence electrons. The van der Waals surface area contributed by atoms with E-state index in [0.29, 0.717) is 28.1 Å². The van der Waals surface area contributed by atoms with Gasteiger partial charge in [0.2, 0.25) is 0 Å². The quantitative estimate of drug-likeness (QED) is 0.613. The first-order valence-electron chi connectivity index (χ1n) is 7.11. The predicted molar refractivity (Wildman–Crippen MR) is 97.4 cm³/mol. The SMILES string of the molecule is COCC(C)Nc1c(F)cc(CSc2ccc(Cl)cc2)cc1Cl. The number of halogens is 3. The lowest BCUT2D eigenvalue weighted by molar-refractivity contribution is 0.190. The number of benzene rings is 2. The molecule has 0 bridgehead atoms. The molecule has 1 atom stereocenters. The Bertz CT molecular complexity index is 629. The number of thioether (sulfide) groups is 1. The van der Waals surface area contributed by atoms with Crippen LogP contribution in [0.5, 0.6) is 0 Å². The zero-order valence-corrected chi connectivity index (χ0v) is 15.2. The Morgan fingerprint density at radius 1 is 1.22 bits per heavy atom. The van der Waals surface area contributed by atoms with E-state index in [1.165, 1.54) is 6.07 Å². The lowest BCUT2D eigenvalue weighted by Gasteiger charge is -2.17. The molecule has 2 aromatic rings. The van der Waals surface area contributed by atoms with Crippen molar-refractivity contribution in [3.63, 3.8) is 0 Å². The van der Waals surface area contributed by atoms with Crippen LogP contribution in [0, 0.1) is 5.82 Å². The van der Waals surface area contributed by atoms with Crippen LogP contribution in [0.15, 0.2) is 41.3 Å². The van der Waals surface area contributed by atoms with Crippen LogP contribution in [-0.4, -0.2) is 19.8 Å². The highest BCUT2D eigenvalue weighted by Crippen LogP contribution is 2.31. The molecule has 0 amide bonds. The lowest BCUT2D eigenvalue weighted by atomic mass is 10.2. The summed E-state index contributed by atoms with van der Waals surface area (Å²) >= 11 is 13.7. The molecule has 2 aromatic carbocycles. The Morgan fingerprint density at radius 2 is 1.91 bits per heavy atom. The maximum atomic E-state index is 14.3. The summed E-state index contributed by atoms with van der Waals surface area (Å²) < 4.78 is 19.3. The molecular weight excluding hydrogens is 356 g/mol. The first kappa shape index (κ1) is 18.4.